The fourth-order valence-electron chi connectivity index (χ4n) is 1.79. The number of halogens is 2. The molecule has 2 aromatic carbocycles. The second-order valence-electron chi connectivity index (χ2n) is 4.64. The Balaban J connectivity index is 1.93. The smallest absolute Gasteiger partial charge is 0.342 e. The van der Waals surface area contributed by atoms with E-state index < -0.39 is 18.5 Å². The van der Waals surface area contributed by atoms with E-state index in [4.69, 9.17) is 32.7 Å². The highest BCUT2D eigenvalue weighted by Gasteiger charge is 2.15. The summed E-state index contributed by atoms with van der Waals surface area (Å²) in [6.07, 6.45) is 0. The fraction of sp³-hybridized carbons (Fsp3) is 0.125. The molecule has 0 aromatic heterocycles. The Bertz CT molecular complexity index is 779. The van der Waals surface area contributed by atoms with E-state index in [2.05, 4.69) is 5.32 Å². The second-order valence-corrected chi connectivity index (χ2v) is 5.45. The molecule has 0 saturated carbocycles. The predicted octanol–water partition coefficient (Wildman–Crippen LogP) is 3.50. The lowest BCUT2D eigenvalue weighted by Gasteiger charge is -2.09. The summed E-state index contributed by atoms with van der Waals surface area (Å²) in [7, 11) is 1.43. The summed E-state index contributed by atoms with van der Waals surface area (Å²) in [5.41, 5.74) is 0.343. The second kappa shape index (κ2) is 7.90. The lowest BCUT2D eigenvalue weighted by molar-refractivity contribution is -0.119. The number of aromatic hydroxyl groups is 1. The van der Waals surface area contributed by atoms with Crippen LogP contribution in [0.2, 0.25) is 10.0 Å². The Morgan fingerprint density at radius 3 is 2.50 bits per heavy atom. The Kier molecular flexibility index (Phi) is 5.89. The summed E-state index contributed by atoms with van der Waals surface area (Å²) in [6.45, 7) is -0.523. The van der Waals surface area contributed by atoms with Crippen LogP contribution >= 0.6 is 23.2 Å². The van der Waals surface area contributed by atoms with Crippen molar-refractivity contribution in [1.82, 2.24) is 0 Å². The van der Waals surface area contributed by atoms with Crippen LogP contribution in [-0.2, 0) is 9.53 Å². The molecule has 1 amide bonds. The van der Waals surface area contributed by atoms with Gasteiger partial charge in [0, 0.05) is 11.8 Å². The molecule has 0 bridgehead atoms. The first-order valence-electron chi connectivity index (χ1n) is 6.69. The number of nitrogens with one attached hydrogen (secondary N) is 1. The van der Waals surface area contributed by atoms with E-state index in [1.807, 2.05) is 0 Å². The minimum absolute atomic E-state index is 0.0712. The highest BCUT2D eigenvalue weighted by molar-refractivity contribution is 6.42. The predicted molar refractivity (Wildman–Crippen MR) is 90.0 cm³/mol. The number of methoxy groups -OCH3 is 1. The van der Waals surface area contributed by atoms with Crippen LogP contribution in [0.4, 0.5) is 5.69 Å². The maximum absolute atomic E-state index is 11.9. The molecule has 0 aliphatic carbocycles. The first-order valence-corrected chi connectivity index (χ1v) is 7.45. The zero-order valence-corrected chi connectivity index (χ0v) is 14.0. The van der Waals surface area contributed by atoms with E-state index in [0.29, 0.717) is 16.5 Å². The molecular formula is C16H13Cl2NO5. The Morgan fingerprint density at radius 1 is 1.12 bits per heavy atom. The molecule has 0 fully saturated rings. The Labute approximate surface area is 147 Å². The summed E-state index contributed by atoms with van der Waals surface area (Å²) in [5, 5.41) is 12.9. The van der Waals surface area contributed by atoms with Gasteiger partial charge in [-0.05, 0) is 30.3 Å². The van der Waals surface area contributed by atoms with Gasteiger partial charge < -0.3 is 19.9 Å². The third kappa shape index (κ3) is 4.53. The zero-order valence-electron chi connectivity index (χ0n) is 12.5. The normalized spacial score (nSPS) is 10.1. The maximum atomic E-state index is 11.9. The summed E-state index contributed by atoms with van der Waals surface area (Å²) < 4.78 is 9.78. The van der Waals surface area contributed by atoms with E-state index in [1.165, 1.54) is 37.4 Å². The molecular weight excluding hydrogens is 357 g/mol. The van der Waals surface area contributed by atoms with Crippen LogP contribution in [0.5, 0.6) is 11.5 Å². The van der Waals surface area contributed by atoms with Crippen molar-refractivity contribution in [2.75, 3.05) is 19.0 Å². The van der Waals surface area contributed by atoms with Crippen molar-refractivity contribution in [1.29, 1.82) is 0 Å². The first kappa shape index (κ1) is 17.9. The molecule has 24 heavy (non-hydrogen) atoms. The Hall–Kier alpha value is -2.44. The molecule has 0 radical (unpaired) electrons. The first-order chi connectivity index (χ1) is 11.4. The number of esters is 1. The third-order valence-electron chi connectivity index (χ3n) is 2.96. The van der Waals surface area contributed by atoms with E-state index in [1.54, 1.807) is 6.07 Å². The van der Waals surface area contributed by atoms with Gasteiger partial charge in [0.2, 0.25) is 0 Å². The number of phenolic OH excluding ortho intramolecular Hbond substituents is 1. The molecule has 2 rings (SSSR count). The van der Waals surface area contributed by atoms with Crippen LogP contribution in [0, 0.1) is 0 Å². The SMILES string of the molecule is COc1ccc(C(=O)OCC(=O)Nc2ccc(Cl)c(Cl)c2)c(O)c1. The lowest BCUT2D eigenvalue weighted by atomic mass is 10.2. The monoisotopic (exact) mass is 369 g/mol. The molecule has 0 aliphatic rings. The quantitative estimate of drug-likeness (QED) is 0.787. The highest BCUT2D eigenvalue weighted by Crippen LogP contribution is 2.25. The summed E-state index contributed by atoms with van der Waals surface area (Å²) in [6, 6.07) is 8.66. The van der Waals surface area contributed by atoms with Gasteiger partial charge in [-0.15, -0.1) is 0 Å². The molecule has 8 heteroatoms. The van der Waals surface area contributed by atoms with Gasteiger partial charge in [0.1, 0.15) is 17.1 Å². The number of hydrogen-bond donors (Lipinski definition) is 2. The number of hydrogen-bond acceptors (Lipinski definition) is 5. The fourth-order valence-corrected chi connectivity index (χ4v) is 2.09. The van der Waals surface area contributed by atoms with Crippen LogP contribution in [0.25, 0.3) is 0 Å². The average molecular weight is 370 g/mol. The molecule has 0 heterocycles. The van der Waals surface area contributed by atoms with Crippen molar-refractivity contribution in [3.8, 4) is 11.5 Å². The van der Waals surface area contributed by atoms with Gasteiger partial charge >= 0.3 is 5.97 Å². The van der Waals surface area contributed by atoms with Crippen LogP contribution in [0.15, 0.2) is 36.4 Å². The lowest BCUT2D eigenvalue weighted by Crippen LogP contribution is -2.21. The van der Waals surface area contributed by atoms with E-state index >= 15 is 0 Å². The number of benzene rings is 2. The highest BCUT2D eigenvalue weighted by atomic mass is 35.5. The van der Waals surface area contributed by atoms with Gasteiger partial charge in [0.15, 0.2) is 6.61 Å². The number of amides is 1. The van der Waals surface area contributed by atoms with Crippen molar-refractivity contribution in [3.63, 3.8) is 0 Å². The summed E-state index contributed by atoms with van der Waals surface area (Å²) >= 11 is 11.6. The number of phenols is 1. The molecule has 0 saturated heterocycles. The van der Waals surface area contributed by atoms with Gasteiger partial charge in [-0.25, -0.2) is 4.79 Å². The van der Waals surface area contributed by atoms with Crippen LogP contribution in [-0.4, -0.2) is 30.7 Å². The van der Waals surface area contributed by atoms with E-state index in [9.17, 15) is 14.7 Å². The van der Waals surface area contributed by atoms with Gasteiger partial charge in [0.25, 0.3) is 5.91 Å². The Morgan fingerprint density at radius 2 is 1.88 bits per heavy atom. The van der Waals surface area contributed by atoms with Gasteiger partial charge in [0.05, 0.1) is 17.2 Å². The van der Waals surface area contributed by atoms with Crippen LogP contribution in [0.1, 0.15) is 10.4 Å². The average Bonchev–Trinajstić information content (AvgIpc) is 2.56. The minimum atomic E-state index is -0.834. The number of carbonyl (C=O) groups is 2. The largest absolute Gasteiger partial charge is 0.507 e. The third-order valence-corrected chi connectivity index (χ3v) is 3.70. The summed E-state index contributed by atoms with van der Waals surface area (Å²) in [5.74, 6) is -1.31. The number of carbonyl (C=O) groups excluding carboxylic acids is 2. The summed E-state index contributed by atoms with van der Waals surface area (Å²) in [4.78, 5) is 23.7. The number of rotatable bonds is 5. The molecule has 126 valence electrons. The molecule has 2 N–H and O–H groups in total. The van der Waals surface area contributed by atoms with Crippen molar-refractivity contribution < 1.29 is 24.2 Å². The zero-order chi connectivity index (χ0) is 17.7. The van der Waals surface area contributed by atoms with Crippen molar-refractivity contribution in [3.05, 3.63) is 52.0 Å². The van der Waals surface area contributed by atoms with Gasteiger partial charge in [-0.2, -0.15) is 0 Å². The topological polar surface area (TPSA) is 84.9 Å². The molecule has 0 spiro atoms. The molecule has 0 atom stereocenters. The maximum Gasteiger partial charge on any atom is 0.342 e. The van der Waals surface area contributed by atoms with Gasteiger partial charge in [-0.3, -0.25) is 4.79 Å². The minimum Gasteiger partial charge on any atom is -0.507 e. The van der Waals surface area contributed by atoms with Crippen molar-refractivity contribution >= 4 is 40.8 Å². The van der Waals surface area contributed by atoms with Gasteiger partial charge in [-0.1, -0.05) is 23.2 Å². The van der Waals surface area contributed by atoms with Crippen molar-refractivity contribution in [2.45, 2.75) is 0 Å². The van der Waals surface area contributed by atoms with Crippen LogP contribution in [0.3, 0.4) is 0 Å². The molecule has 2 aromatic rings. The molecule has 6 nitrogen and oxygen atoms in total. The van der Waals surface area contributed by atoms with E-state index in [0.717, 1.165) is 0 Å². The standard InChI is InChI=1S/C16H13Cl2NO5/c1-23-10-3-4-11(14(20)7-10)16(22)24-8-15(21)19-9-2-5-12(17)13(18)6-9/h2-7,20H,8H2,1H3,(H,19,21). The van der Waals surface area contributed by atoms with E-state index in [-0.39, 0.29) is 16.3 Å². The van der Waals surface area contributed by atoms with Crippen LogP contribution < -0.4 is 10.1 Å². The molecule has 0 unspecified atom stereocenters. The molecule has 0 aliphatic heterocycles. The number of anilines is 1. The number of ether oxygens (including phenoxy) is 2. The van der Waals surface area contributed by atoms with Crippen molar-refractivity contribution in [2.24, 2.45) is 0 Å².